The summed E-state index contributed by atoms with van der Waals surface area (Å²) in [5, 5.41) is 20.0. The van der Waals surface area contributed by atoms with Crippen LogP contribution >= 0.6 is 11.6 Å². The Kier molecular flexibility index (Phi) is 4.37. The van der Waals surface area contributed by atoms with E-state index >= 15 is 0 Å². The lowest BCUT2D eigenvalue weighted by Gasteiger charge is -2.71. The molecule has 1 heterocycles. The second-order valence-corrected chi connectivity index (χ2v) is 7.83. The van der Waals surface area contributed by atoms with Crippen molar-refractivity contribution < 1.29 is 23.6 Å². The van der Waals surface area contributed by atoms with Gasteiger partial charge in [-0.3, -0.25) is 10.1 Å². The van der Waals surface area contributed by atoms with E-state index in [4.69, 9.17) is 20.9 Å². The van der Waals surface area contributed by atoms with Crippen LogP contribution in [0.4, 0.5) is 4.39 Å². The van der Waals surface area contributed by atoms with Gasteiger partial charge in [-0.15, -0.1) is 0 Å². The summed E-state index contributed by atoms with van der Waals surface area (Å²) in [6.45, 7) is 1.61. The van der Waals surface area contributed by atoms with E-state index in [0.29, 0.717) is 25.0 Å². The SMILES string of the molecule is Cc1cnoc1C(O)NC12CC(NC(=O)COc3ccc(Cl)c(F)c3)(C1)C2. The van der Waals surface area contributed by atoms with Crippen LogP contribution in [0, 0.1) is 12.7 Å². The highest BCUT2D eigenvalue weighted by atomic mass is 35.5. The molecule has 1 amide bonds. The number of benzene rings is 1. The third-order valence-electron chi connectivity index (χ3n) is 5.17. The predicted molar refractivity (Wildman–Crippen MR) is 93.7 cm³/mol. The van der Waals surface area contributed by atoms with Gasteiger partial charge in [-0.05, 0) is 38.3 Å². The Morgan fingerprint density at radius 1 is 1.44 bits per heavy atom. The molecule has 7 nitrogen and oxygen atoms in total. The van der Waals surface area contributed by atoms with Gasteiger partial charge in [-0.1, -0.05) is 16.8 Å². The van der Waals surface area contributed by atoms with Crippen molar-refractivity contribution in [2.45, 2.75) is 43.5 Å². The highest BCUT2D eigenvalue weighted by molar-refractivity contribution is 6.30. The van der Waals surface area contributed by atoms with Crippen molar-refractivity contribution in [3.8, 4) is 5.75 Å². The fourth-order valence-corrected chi connectivity index (χ4v) is 4.16. The Hall–Kier alpha value is -2.16. The second-order valence-electron chi connectivity index (χ2n) is 7.42. The van der Waals surface area contributed by atoms with E-state index in [1.807, 2.05) is 6.92 Å². The number of carbonyl (C=O) groups excluding carboxylic acids is 1. The zero-order valence-corrected chi connectivity index (χ0v) is 15.3. The molecular formula is C18H19ClFN3O4. The smallest absolute Gasteiger partial charge is 0.258 e. The van der Waals surface area contributed by atoms with Crippen molar-refractivity contribution in [1.29, 1.82) is 0 Å². The molecule has 2 aromatic rings. The molecule has 3 aliphatic rings. The predicted octanol–water partition coefficient (Wildman–Crippen LogP) is 2.23. The number of nitrogens with one attached hydrogen (secondary N) is 2. The van der Waals surface area contributed by atoms with Crippen LogP contribution in [0.3, 0.4) is 0 Å². The van der Waals surface area contributed by atoms with Crippen LogP contribution in [0.15, 0.2) is 28.9 Å². The summed E-state index contributed by atoms with van der Waals surface area (Å²) in [7, 11) is 0. The van der Waals surface area contributed by atoms with Crippen molar-refractivity contribution in [3.05, 3.63) is 46.6 Å². The molecule has 1 aromatic carbocycles. The summed E-state index contributed by atoms with van der Waals surface area (Å²) in [6, 6.07) is 4.02. The van der Waals surface area contributed by atoms with E-state index in [0.717, 1.165) is 11.6 Å². The molecular weight excluding hydrogens is 377 g/mol. The summed E-state index contributed by atoms with van der Waals surface area (Å²) in [5.74, 6) is -0.220. The minimum Gasteiger partial charge on any atom is -0.484 e. The summed E-state index contributed by atoms with van der Waals surface area (Å²) in [6.07, 6.45) is 2.77. The maximum absolute atomic E-state index is 13.4. The first kappa shape index (κ1) is 18.2. The number of amides is 1. The Morgan fingerprint density at radius 3 is 2.81 bits per heavy atom. The lowest BCUT2D eigenvalue weighted by Crippen LogP contribution is -2.83. The molecule has 0 saturated heterocycles. The molecule has 144 valence electrons. The number of aromatic nitrogens is 1. The lowest BCUT2D eigenvalue weighted by molar-refractivity contribution is -0.152. The van der Waals surface area contributed by atoms with Crippen molar-refractivity contribution in [2.24, 2.45) is 0 Å². The second kappa shape index (κ2) is 6.47. The fraction of sp³-hybridized carbons (Fsp3) is 0.444. The molecule has 0 aliphatic heterocycles. The molecule has 1 aromatic heterocycles. The van der Waals surface area contributed by atoms with E-state index in [2.05, 4.69) is 15.8 Å². The van der Waals surface area contributed by atoms with Gasteiger partial charge in [0.25, 0.3) is 5.91 Å². The molecule has 0 radical (unpaired) electrons. The maximum atomic E-state index is 13.4. The number of hydrogen-bond acceptors (Lipinski definition) is 6. The number of aryl methyl sites for hydroxylation is 1. The van der Waals surface area contributed by atoms with Crippen LogP contribution in [-0.2, 0) is 4.79 Å². The van der Waals surface area contributed by atoms with E-state index in [-0.39, 0.29) is 34.4 Å². The number of nitrogens with zero attached hydrogens (tertiary/aromatic N) is 1. The number of aliphatic hydroxyl groups is 1. The standard InChI is InChI=1S/C18H19ClFN3O4/c1-10-5-21-27-15(10)16(25)23-18-7-17(8-18,9-18)22-14(24)6-26-11-2-3-12(19)13(20)4-11/h2-5,16,23,25H,6-9H2,1H3,(H,22,24). The Balaban J connectivity index is 1.24. The molecule has 3 aliphatic carbocycles. The Morgan fingerprint density at radius 2 is 2.19 bits per heavy atom. The van der Waals surface area contributed by atoms with Gasteiger partial charge in [-0.25, -0.2) is 4.39 Å². The zero-order valence-electron chi connectivity index (χ0n) is 14.6. The molecule has 1 atom stereocenters. The number of halogens is 2. The molecule has 1 unspecified atom stereocenters. The highest BCUT2D eigenvalue weighted by Gasteiger charge is 2.69. The van der Waals surface area contributed by atoms with Crippen molar-refractivity contribution in [2.75, 3.05) is 6.61 Å². The van der Waals surface area contributed by atoms with Gasteiger partial charge in [0.05, 0.1) is 11.2 Å². The van der Waals surface area contributed by atoms with Gasteiger partial charge in [0.2, 0.25) is 0 Å². The third kappa shape index (κ3) is 3.40. The van der Waals surface area contributed by atoms with Crippen molar-refractivity contribution >= 4 is 17.5 Å². The molecule has 3 fully saturated rings. The van der Waals surface area contributed by atoms with Crippen LogP contribution in [-0.4, -0.2) is 33.9 Å². The minimum atomic E-state index is -0.926. The van der Waals surface area contributed by atoms with Gasteiger partial charge in [-0.2, -0.15) is 0 Å². The number of ether oxygens (including phenoxy) is 1. The van der Waals surface area contributed by atoms with Crippen molar-refractivity contribution in [1.82, 2.24) is 15.8 Å². The first-order chi connectivity index (χ1) is 12.8. The van der Waals surface area contributed by atoms with Crippen LogP contribution in [0.1, 0.15) is 36.8 Å². The lowest BCUT2D eigenvalue weighted by atomic mass is 9.44. The monoisotopic (exact) mass is 395 g/mol. The molecule has 0 spiro atoms. The van der Waals surface area contributed by atoms with Crippen LogP contribution in [0.2, 0.25) is 5.02 Å². The first-order valence-corrected chi connectivity index (χ1v) is 8.93. The maximum Gasteiger partial charge on any atom is 0.258 e. The quantitative estimate of drug-likeness (QED) is 0.622. The van der Waals surface area contributed by atoms with Crippen molar-refractivity contribution in [3.63, 3.8) is 0 Å². The number of hydrogen-bond donors (Lipinski definition) is 3. The van der Waals surface area contributed by atoms with Gasteiger partial charge in [0.15, 0.2) is 18.6 Å². The normalized spacial score (nSPS) is 26.7. The molecule has 2 bridgehead atoms. The molecule has 9 heteroatoms. The van der Waals surface area contributed by atoms with E-state index in [1.54, 1.807) is 6.20 Å². The van der Waals surface area contributed by atoms with Gasteiger partial charge in [0.1, 0.15) is 11.6 Å². The van der Waals surface area contributed by atoms with E-state index in [1.165, 1.54) is 12.1 Å². The van der Waals surface area contributed by atoms with Gasteiger partial charge in [0, 0.05) is 22.7 Å². The highest BCUT2D eigenvalue weighted by Crippen LogP contribution is 2.61. The summed E-state index contributed by atoms with van der Waals surface area (Å²) < 4.78 is 23.7. The summed E-state index contributed by atoms with van der Waals surface area (Å²) in [5.41, 5.74) is 0.307. The average Bonchev–Trinajstić information content (AvgIpc) is 2.99. The molecule has 27 heavy (non-hydrogen) atoms. The largest absolute Gasteiger partial charge is 0.484 e. The number of aliphatic hydroxyl groups excluding tert-OH is 1. The van der Waals surface area contributed by atoms with Crippen LogP contribution < -0.4 is 15.4 Å². The number of rotatable bonds is 7. The molecule has 3 N–H and O–H groups in total. The molecule has 3 saturated carbocycles. The van der Waals surface area contributed by atoms with E-state index < -0.39 is 12.0 Å². The first-order valence-electron chi connectivity index (χ1n) is 8.56. The third-order valence-corrected chi connectivity index (χ3v) is 5.48. The summed E-state index contributed by atoms with van der Waals surface area (Å²) >= 11 is 5.61. The fourth-order valence-electron chi connectivity index (χ4n) is 4.04. The van der Waals surface area contributed by atoms with E-state index in [9.17, 15) is 14.3 Å². The van der Waals surface area contributed by atoms with Crippen LogP contribution in [0.5, 0.6) is 5.75 Å². The molecule has 5 rings (SSSR count). The van der Waals surface area contributed by atoms with Crippen LogP contribution in [0.25, 0.3) is 0 Å². The minimum absolute atomic E-state index is 0.00109. The van der Waals surface area contributed by atoms with Gasteiger partial charge < -0.3 is 19.7 Å². The average molecular weight is 396 g/mol. The number of carbonyl (C=O) groups is 1. The zero-order chi connectivity index (χ0) is 19.2. The Labute approximate surface area is 159 Å². The summed E-state index contributed by atoms with van der Waals surface area (Å²) in [4.78, 5) is 12.1. The Bertz CT molecular complexity index is 867. The topological polar surface area (TPSA) is 96.6 Å². The van der Waals surface area contributed by atoms with Gasteiger partial charge >= 0.3 is 0 Å².